The van der Waals surface area contributed by atoms with E-state index in [9.17, 15) is 13.9 Å². The van der Waals surface area contributed by atoms with Crippen molar-refractivity contribution in [2.45, 2.75) is 38.2 Å². The highest BCUT2D eigenvalue weighted by Gasteiger charge is 2.37. The summed E-state index contributed by atoms with van der Waals surface area (Å²) in [6.45, 7) is 4.59. The van der Waals surface area contributed by atoms with Crippen LogP contribution in [-0.4, -0.2) is 29.6 Å². The van der Waals surface area contributed by atoms with E-state index in [4.69, 9.17) is 0 Å². The minimum Gasteiger partial charge on any atom is -0.385 e. The molecule has 1 aromatic carbocycles. The Hall–Kier alpha value is -0.520. The van der Waals surface area contributed by atoms with Gasteiger partial charge in [0, 0.05) is 6.54 Å². The highest BCUT2D eigenvalue weighted by molar-refractivity contribution is 9.10. The average Bonchev–Trinajstić information content (AvgIpc) is 2.58. The molecule has 1 aliphatic rings. The quantitative estimate of drug-likeness (QED) is 0.840. The first-order chi connectivity index (χ1) is 9.48. The second kappa shape index (κ2) is 6.50. The van der Waals surface area contributed by atoms with Crippen LogP contribution < -0.4 is 0 Å². The molecule has 0 amide bonds. The summed E-state index contributed by atoms with van der Waals surface area (Å²) in [5.74, 6) is -1.35. The standard InChI is InChI=1S/C15H20BrF2NO/c1-2-8-19-9-3-6-15(20,7-10-19)13-12(17)5-4-11(16)14(13)18/h4-5,20H,2-3,6-10H2,1H3. The maximum Gasteiger partial charge on any atom is 0.146 e. The molecule has 1 aromatic rings. The number of hydrogen-bond acceptors (Lipinski definition) is 2. The molecule has 1 atom stereocenters. The average molecular weight is 348 g/mol. The Balaban J connectivity index is 2.29. The van der Waals surface area contributed by atoms with E-state index >= 15 is 0 Å². The fourth-order valence-corrected chi connectivity index (χ4v) is 3.25. The van der Waals surface area contributed by atoms with Crippen LogP contribution >= 0.6 is 15.9 Å². The topological polar surface area (TPSA) is 23.5 Å². The number of hydrogen-bond donors (Lipinski definition) is 1. The van der Waals surface area contributed by atoms with E-state index in [-0.39, 0.29) is 10.0 Å². The van der Waals surface area contributed by atoms with Crippen LogP contribution in [0.2, 0.25) is 0 Å². The first kappa shape index (κ1) is 15.9. The minimum atomic E-state index is -1.42. The van der Waals surface area contributed by atoms with Gasteiger partial charge in [-0.15, -0.1) is 0 Å². The summed E-state index contributed by atoms with van der Waals surface area (Å²) in [5.41, 5.74) is -1.61. The molecule has 1 aliphatic heterocycles. The van der Waals surface area contributed by atoms with Crippen LogP contribution in [-0.2, 0) is 5.60 Å². The molecular weight excluding hydrogens is 328 g/mol. The second-order valence-corrected chi connectivity index (χ2v) is 6.30. The van der Waals surface area contributed by atoms with Crippen LogP contribution in [0.1, 0.15) is 38.2 Å². The molecule has 1 saturated heterocycles. The van der Waals surface area contributed by atoms with Crippen molar-refractivity contribution in [3.05, 3.63) is 33.8 Å². The predicted octanol–water partition coefficient (Wildman–Crippen LogP) is 3.81. The molecule has 2 nitrogen and oxygen atoms in total. The van der Waals surface area contributed by atoms with Crippen LogP contribution in [0.5, 0.6) is 0 Å². The summed E-state index contributed by atoms with van der Waals surface area (Å²) in [5, 5.41) is 10.8. The molecule has 0 spiro atoms. The van der Waals surface area contributed by atoms with Crippen molar-refractivity contribution < 1.29 is 13.9 Å². The fourth-order valence-electron chi connectivity index (χ4n) is 2.92. The van der Waals surface area contributed by atoms with Gasteiger partial charge < -0.3 is 10.0 Å². The largest absolute Gasteiger partial charge is 0.385 e. The second-order valence-electron chi connectivity index (χ2n) is 5.44. The predicted molar refractivity (Wildman–Crippen MR) is 78.5 cm³/mol. The van der Waals surface area contributed by atoms with Crippen molar-refractivity contribution in [1.82, 2.24) is 4.90 Å². The highest BCUT2D eigenvalue weighted by atomic mass is 79.9. The van der Waals surface area contributed by atoms with Crippen molar-refractivity contribution >= 4 is 15.9 Å². The van der Waals surface area contributed by atoms with E-state index < -0.39 is 17.2 Å². The molecule has 1 unspecified atom stereocenters. The van der Waals surface area contributed by atoms with E-state index in [2.05, 4.69) is 27.8 Å². The van der Waals surface area contributed by atoms with Gasteiger partial charge in [-0.3, -0.25) is 0 Å². The van der Waals surface area contributed by atoms with Crippen LogP contribution in [0.3, 0.4) is 0 Å². The van der Waals surface area contributed by atoms with Crippen molar-refractivity contribution in [3.63, 3.8) is 0 Å². The Morgan fingerprint density at radius 3 is 2.75 bits per heavy atom. The maximum absolute atomic E-state index is 14.2. The summed E-state index contributed by atoms with van der Waals surface area (Å²) in [7, 11) is 0. The summed E-state index contributed by atoms with van der Waals surface area (Å²) >= 11 is 3.06. The van der Waals surface area contributed by atoms with Gasteiger partial charge in [0.15, 0.2) is 0 Å². The highest BCUT2D eigenvalue weighted by Crippen LogP contribution is 2.38. The van der Waals surface area contributed by atoms with E-state index in [0.29, 0.717) is 19.4 Å². The third-order valence-electron chi connectivity index (χ3n) is 3.96. The molecule has 1 heterocycles. The molecule has 5 heteroatoms. The third kappa shape index (κ3) is 3.21. The van der Waals surface area contributed by atoms with Crippen LogP contribution in [0.25, 0.3) is 0 Å². The van der Waals surface area contributed by atoms with Crippen LogP contribution in [0, 0.1) is 11.6 Å². The third-order valence-corrected chi connectivity index (χ3v) is 4.57. The van der Waals surface area contributed by atoms with Gasteiger partial charge in [0.2, 0.25) is 0 Å². The van der Waals surface area contributed by atoms with E-state index in [0.717, 1.165) is 25.9 Å². The number of likely N-dealkylation sites (tertiary alicyclic amines) is 1. The van der Waals surface area contributed by atoms with Gasteiger partial charge in [0.1, 0.15) is 11.6 Å². The molecule has 0 radical (unpaired) electrons. The zero-order valence-corrected chi connectivity index (χ0v) is 13.2. The van der Waals surface area contributed by atoms with Crippen molar-refractivity contribution in [1.29, 1.82) is 0 Å². The molecular formula is C15H20BrF2NO. The Labute approximate surface area is 126 Å². The van der Waals surface area contributed by atoms with E-state index in [1.165, 1.54) is 12.1 Å². The van der Waals surface area contributed by atoms with Crippen LogP contribution in [0.15, 0.2) is 16.6 Å². The zero-order valence-electron chi connectivity index (χ0n) is 11.6. The first-order valence-corrected chi connectivity index (χ1v) is 7.86. The molecule has 0 saturated carbocycles. The van der Waals surface area contributed by atoms with E-state index in [1.54, 1.807) is 0 Å². The Kier molecular flexibility index (Phi) is 5.15. The Morgan fingerprint density at radius 1 is 1.30 bits per heavy atom. The maximum atomic E-state index is 14.2. The lowest BCUT2D eigenvalue weighted by atomic mass is 9.86. The molecule has 0 bridgehead atoms. The van der Waals surface area contributed by atoms with Gasteiger partial charge in [0.25, 0.3) is 0 Å². The van der Waals surface area contributed by atoms with Crippen molar-refractivity contribution in [2.75, 3.05) is 19.6 Å². The molecule has 1 fully saturated rings. The summed E-state index contributed by atoms with van der Waals surface area (Å²) < 4.78 is 28.4. The van der Waals surface area contributed by atoms with Crippen LogP contribution in [0.4, 0.5) is 8.78 Å². The minimum absolute atomic E-state index is 0.190. The Morgan fingerprint density at radius 2 is 2.05 bits per heavy atom. The molecule has 0 aromatic heterocycles. The number of aliphatic hydroxyl groups is 1. The van der Waals surface area contributed by atoms with Gasteiger partial charge in [-0.2, -0.15) is 0 Å². The van der Waals surface area contributed by atoms with Gasteiger partial charge in [0.05, 0.1) is 15.6 Å². The number of benzene rings is 1. The lowest BCUT2D eigenvalue weighted by Gasteiger charge is -2.28. The summed E-state index contributed by atoms with van der Waals surface area (Å²) in [6, 6.07) is 2.53. The number of halogens is 3. The van der Waals surface area contributed by atoms with Crippen molar-refractivity contribution in [3.8, 4) is 0 Å². The lowest BCUT2D eigenvalue weighted by Crippen LogP contribution is -2.31. The molecule has 2 rings (SSSR count). The zero-order chi connectivity index (χ0) is 14.8. The molecule has 20 heavy (non-hydrogen) atoms. The molecule has 1 N–H and O–H groups in total. The molecule has 112 valence electrons. The van der Waals surface area contributed by atoms with Gasteiger partial charge in [-0.1, -0.05) is 6.92 Å². The smallest absolute Gasteiger partial charge is 0.146 e. The monoisotopic (exact) mass is 347 g/mol. The molecule has 0 aliphatic carbocycles. The lowest BCUT2D eigenvalue weighted by molar-refractivity contribution is 0.0141. The summed E-state index contributed by atoms with van der Waals surface area (Å²) in [6.07, 6.45) is 2.52. The van der Waals surface area contributed by atoms with Gasteiger partial charge in [-0.25, -0.2) is 8.78 Å². The summed E-state index contributed by atoms with van der Waals surface area (Å²) in [4.78, 5) is 2.24. The first-order valence-electron chi connectivity index (χ1n) is 7.06. The fraction of sp³-hybridized carbons (Fsp3) is 0.600. The van der Waals surface area contributed by atoms with E-state index in [1.807, 2.05) is 0 Å². The SMILES string of the molecule is CCCN1CCCC(O)(c2c(F)ccc(Br)c2F)CC1. The number of nitrogens with zero attached hydrogens (tertiary/aromatic N) is 1. The van der Waals surface area contributed by atoms with Gasteiger partial charge in [-0.05, 0) is 66.8 Å². The number of rotatable bonds is 3. The van der Waals surface area contributed by atoms with Gasteiger partial charge >= 0.3 is 0 Å². The normalized spacial score (nSPS) is 24.6. The van der Waals surface area contributed by atoms with Crippen molar-refractivity contribution in [2.24, 2.45) is 0 Å². The Bertz CT molecular complexity index is 483.